The van der Waals surface area contributed by atoms with Gasteiger partial charge in [0.2, 0.25) is 5.91 Å². The van der Waals surface area contributed by atoms with Crippen LogP contribution in [0.15, 0.2) is 42.7 Å². The van der Waals surface area contributed by atoms with E-state index in [1.165, 1.54) is 0 Å². The molecule has 1 heterocycles. The monoisotopic (exact) mass is 271 g/mol. The third-order valence-electron chi connectivity index (χ3n) is 2.87. The number of phenols is 1. The summed E-state index contributed by atoms with van der Waals surface area (Å²) in [6.07, 6.45) is 3.70. The first-order valence-corrected chi connectivity index (χ1v) is 6.30. The number of aromatic hydroxyl groups is 1. The molecule has 0 aliphatic heterocycles. The van der Waals surface area contributed by atoms with Crippen LogP contribution in [0, 0.1) is 6.92 Å². The second kappa shape index (κ2) is 6.16. The number of pyridine rings is 1. The summed E-state index contributed by atoms with van der Waals surface area (Å²) in [5.41, 5.74) is 8.38. The van der Waals surface area contributed by atoms with Gasteiger partial charge in [0.25, 0.3) is 0 Å². The lowest BCUT2D eigenvalue weighted by atomic mass is 10.1. The van der Waals surface area contributed by atoms with Crippen molar-refractivity contribution in [2.75, 3.05) is 5.32 Å². The highest BCUT2D eigenvalue weighted by Crippen LogP contribution is 2.12. The molecule has 0 unspecified atom stereocenters. The van der Waals surface area contributed by atoms with Crippen LogP contribution in [0.4, 0.5) is 5.69 Å². The summed E-state index contributed by atoms with van der Waals surface area (Å²) in [6, 6.07) is 7.82. The number of aromatic nitrogens is 1. The van der Waals surface area contributed by atoms with E-state index in [0.717, 1.165) is 11.1 Å². The van der Waals surface area contributed by atoms with E-state index in [2.05, 4.69) is 10.3 Å². The van der Waals surface area contributed by atoms with Gasteiger partial charge in [-0.1, -0.05) is 12.1 Å². The summed E-state index contributed by atoms with van der Waals surface area (Å²) in [4.78, 5) is 16.0. The van der Waals surface area contributed by atoms with Crippen LogP contribution in [-0.4, -0.2) is 22.0 Å². The van der Waals surface area contributed by atoms with Crippen LogP contribution in [0.1, 0.15) is 11.1 Å². The van der Waals surface area contributed by atoms with E-state index in [0.29, 0.717) is 12.1 Å². The Hall–Kier alpha value is -2.40. The molecule has 4 N–H and O–H groups in total. The Morgan fingerprint density at radius 1 is 1.35 bits per heavy atom. The van der Waals surface area contributed by atoms with E-state index in [9.17, 15) is 9.90 Å². The molecule has 0 fully saturated rings. The average molecular weight is 271 g/mol. The molecule has 0 spiro atoms. The molecule has 104 valence electrons. The summed E-state index contributed by atoms with van der Waals surface area (Å²) in [6.45, 7) is 1.90. The van der Waals surface area contributed by atoms with Gasteiger partial charge in [0.15, 0.2) is 0 Å². The standard InChI is InChI=1S/C15H17N3O2/c1-10-6-12(9-17-8-10)18-15(20)14(16)7-11-2-4-13(19)5-3-11/h2-6,8-9,14,19H,7,16H2,1H3,(H,18,20)/t14-/m0/s1. The van der Waals surface area contributed by atoms with E-state index in [1.807, 2.05) is 13.0 Å². The Morgan fingerprint density at radius 3 is 2.70 bits per heavy atom. The Labute approximate surface area is 117 Å². The number of nitrogens with zero attached hydrogens (tertiary/aromatic N) is 1. The maximum absolute atomic E-state index is 12.0. The predicted molar refractivity (Wildman–Crippen MR) is 77.4 cm³/mol. The van der Waals surface area contributed by atoms with Gasteiger partial charge in [-0.15, -0.1) is 0 Å². The molecule has 20 heavy (non-hydrogen) atoms. The molecule has 5 heteroatoms. The largest absolute Gasteiger partial charge is 0.508 e. The van der Waals surface area contributed by atoms with E-state index in [1.54, 1.807) is 36.7 Å². The lowest BCUT2D eigenvalue weighted by molar-refractivity contribution is -0.117. The minimum atomic E-state index is -0.653. The van der Waals surface area contributed by atoms with Crippen molar-refractivity contribution in [3.8, 4) is 5.75 Å². The van der Waals surface area contributed by atoms with Gasteiger partial charge in [0.1, 0.15) is 5.75 Å². The van der Waals surface area contributed by atoms with Gasteiger partial charge in [-0.25, -0.2) is 0 Å². The normalized spacial score (nSPS) is 11.9. The average Bonchev–Trinajstić information content (AvgIpc) is 2.41. The number of nitrogens with one attached hydrogen (secondary N) is 1. The van der Waals surface area contributed by atoms with Gasteiger partial charge in [-0.05, 0) is 42.7 Å². The van der Waals surface area contributed by atoms with Crippen molar-refractivity contribution in [1.82, 2.24) is 4.98 Å². The number of carbonyl (C=O) groups is 1. The number of hydrogen-bond acceptors (Lipinski definition) is 4. The van der Waals surface area contributed by atoms with Crippen molar-refractivity contribution in [2.24, 2.45) is 5.73 Å². The molecule has 2 rings (SSSR count). The number of amides is 1. The van der Waals surface area contributed by atoms with Gasteiger partial charge < -0.3 is 16.2 Å². The van der Waals surface area contributed by atoms with Gasteiger partial charge in [0.05, 0.1) is 17.9 Å². The zero-order valence-electron chi connectivity index (χ0n) is 11.2. The van der Waals surface area contributed by atoms with Crippen molar-refractivity contribution in [2.45, 2.75) is 19.4 Å². The zero-order valence-corrected chi connectivity index (χ0v) is 11.2. The minimum Gasteiger partial charge on any atom is -0.508 e. The van der Waals surface area contributed by atoms with Gasteiger partial charge in [0, 0.05) is 6.20 Å². The van der Waals surface area contributed by atoms with Crippen molar-refractivity contribution in [3.63, 3.8) is 0 Å². The first-order chi connectivity index (χ1) is 9.54. The fourth-order valence-electron chi connectivity index (χ4n) is 1.84. The summed E-state index contributed by atoms with van der Waals surface area (Å²) in [7, 11) is 0. The minimum absolute atomic E-state index is 0.192. The van der Waals surface area contributed by atoms with Crippen LogP contribution < -0.4 is 11.1 Å². The Balaban J connectivity index is 1.96. The first kappa shape index (κ1) is 14.0. The number of carbonyl (C=O) groups excluding carboxylic acids is 1. The topological polar surface area (TPSA) is 88.2 Å². The quantitative estimate of drug-likeness (QED) is 0.788. The van der Waals surface area contributed by atoms with Gasteiger partial charge in [-0.3, -0.25) is 9.78 Å². The van der Waals surface area contributed by atoms with E-state index < -0.39 is 6.04 Å². The molecule has 0 saturated carbocycles. The molecule has 0 radical (unpaired) electrons. The SMILES string of the molecule is Cc1cncc(NC(=O)[C@@H](N)Cc2ccc(O)cc2)c1. The molecule has 0 aliphatic rings. The van der Waals surface area contributed by atoms with Crippen LogP contribution in [0.25, 0.3) is 0 Å². The van der Waals surface area contributed by atoms with Crippen LogP contribution in [0.3, 0.4) is 0 Å². The molecule has 1 aromatic carbocycles. The van der Waals surface area contributed by atoms with Crippen LogP contribution in [-0.2, 0) is 11.2 Å². The molecule has 5 nitrogen and oxygen atoms in total. The van der Waals surface area contributed by atoms with Crippen molar-refractivity contribution >= 4 is 11.6 Å². The molecule has 1 aromatic heterocycles. The maximum Gasteiger partial charge on any atom is 0.241 e. The number of rotatable bonds is 4. The second-order valence-corrected chi connectivity index (χ2v) is 4.72. The summed E-state index contributed by atoms with van der Waals surface area (Å²) < 4.78 is 0. The highest BCUT2D eigenvalue weighted by atomic mass is 16.3. The first-order valence-electron chi connectivity index (χ1n) is 6.30. The van der Waals surface area contributed by atoms with Gasteiger partial charge in [-0.2, -0.15) is 0 Å². The number of phenolic OH excluding ortho intramolecular Hbond substituents is 1. The number of hydrogen-bond donors (Lipinski definition) is 3. The number of aryl methyl sites for hydroxylation is 1. The molecular formula is C15H17N3O2. The summed E-state index contributed by atoms with van der Waals surface area (Å²) >= 11 is 0. The van der Waals surface area contributed by atoms with E-state index >= 15 is 0 Å². The molecule has 0 bridgehead atoms. The zero-order chi connectivity index (χ0) is 14.5. The Kier molecular flexibility index (Phi) is 4.32. The van der Waals surface area contributed by atoms with E-state index in [4.69, 9.17) is 5.73 Å². The lowest BCUT2D eigenvalue weighted by Gasteiger charge is -2.12. The number of anilines is 1. The Morgan fingerprint density at radius 2 is 2.05 bits per heavy atom. The summed E-state index contributed by atoms with van der Waals surface area (Å²) in [5, 5.41) is 11.9. The van der Waals surface area contributed by atoms with Gasteiger partial charge >= 0.3 is 0 Å². The van der Waals surface area contributed by atoms with E-state index in [-0.39, 0.29) is 11.7 Å². The van der Waals surface area contributed by atoms with Crippen LogP contribution >= 0.6 is 0 Å². The fraction of sp³-hybridized carbons (Fsp3) is 0.200. The third kappa shape index (κ3) is 3.80. The summed E-state index contributed by atoms with van der Waals surface area (Å²) in [5.74, 6) is -0.0666. The Bertz CT molecular complexity index is 596. The molecule has 1 amide bonds. The predicted octanol–water partition coefficient (Wildman–Crippen LogP) is 1.60. The van der Waals surface area contributed by atoms with Crippen molar-refractivity contribution < 1.29 is 9.90 Å². The number of nitrogens with two attached hydrogens (primary N) is 1. The highest BCUT2D eigenvalue weighted by molar-refractivity contribution is 5.94. The maximum atomic E-state index is 12.0. The smallest absolute Gasteiger partial charge is 0.241 e. The fourth-order valence-corrected chi connectivity index (χ4v) is 1.84. The molecule has 2 aromatic rings. The third-order valence-corrected chi connectivity index (χ3v) is 2.87. The second-order valence-electron chi connectivity index (χ2n) is 4.72. The lowest BCUT2D eigenvalue weighted by Crippen LogP contribution is -2.37. The molecule has 0 aliphatic carbocycles. The van der Waals surface area contributed by atoms with Crippen LogP contribution in [0.5, 0.6) is 5.75 Å². The van der Waals surface area contributed by atoms with Crippen molar-refractivity contribution in [3.05, 3.63) is 53.9 Å². The number of benzene rings is 1. The van der Waals surface area contributed by atoms with Crippen LogP contribution in [0.2, 0.25) is 0 Å². The molecule has 0 saturated heterocycles. The van der Waals surface area contributed by atoms with Crippen molar-refractivity contribution in [1.29, 1.82) is 0 Å². The highest BCUT2D eigenvalue weighted by Gasteiger charge is 2.14. The molecular weight excluding hydrogens is 254 g/mol. The molecule has 1 atom stereocenters.